The van der Waals surface area contributed by atoms with E-state index < -0.39 is 0 Å². The van der Waals surface area contributed by atoms with E-state index >= 15 is 0 Å². The van der Waals surface area contributed by atoms with Crippen LogP contribution in [-0.4, -0.2) is 15.4 Å². The third-order valence-electron chi connectivity index (χ3n) is 1.52. The maximum Gasteiger partial charge on any atom is 0.167 e. The fraction of sp³-hybridized carbons (Fsp3) is 0. The highest BCUT2D eigenvalue weighted by atomic mass is 79.9. The number of hydrogen-bond donors (Lipinski definition) is 0. The van der Waals surface area contributed by atoms with E-state index in [1.54, 1.807) is 0 Å². The number of aromatic nitrogens is 3. The maximum absolute atomic E-state index is 5.45. The standard InChI is InChI=1S/C9H6BrN3O/c10-7-1-3-8(4-2-7)14-9-5-11-13-12-6-9/h1-6H. The Morgan fingerprint density at radius 2 is 1.57 bits per heavy atom. The van der Waals surface area contributed by atoms with E-state index in [1.165, 1.54) is 12.4 Å². The molecule has 0 spiro atoms. The van der Waals surface area contributed by atoms with Gasteiger partial charge in [-0.25, -0.2) is 0 Å². The lowest BCUT2D eigenvalue weighted by molar-refractivity contribution is 0.473. The van der Waals surface area contributed by atoms with Crippen molar-refractivity contribution in [1.29, 1.82) is 0 Å². The topological polar surface area (TPSA) is 47.9 Å². The second-order valence-electron chi connectivity index (χ2n) is 2.54. The number of hydrogen-bond acceptors (Lipinski definition) is 4. The highest BCUT2D eigenvalue weighted by Gasteiger charge is 1.96. The van der Waals surface area contributed by atoms with Crippen LogP contribution in [0.5, 0.6) is 11.5 Å². The van der Waals surface area contributed by atoms with Crippen molar-refractivity contribution >= 4 is 15.9 Å². The molecule has 0 atom stereocenters. The zero-order chi connectivity index (χ0) is 9.80. The molecule has 0 saturated heterocycles. The third kappa shape index (κ3) is 2.26. The van der Waals surface area contributed by atoms with Crippen molar-refractivity contribution in [3.05, 3.63) is 41.1 Å². The van der Waals surface area contributed by atoms with Crippen LogP contribution in [0, 0.1) is 0 Å². The molecular formula is C9H6BrN3O. The van der Waals surface area contributed by atoms with Gasteiger partial charge in [0.1, 0.15) is 5.75 Å². The molecule has 1 heterocycles. The summed E-state index contributed by atoms with van der Waals surface area (Å²) in [5.74, 6) is 1.31. The van der Waals surface area contributed by atoms with Gasteiger partial charge >= 0.3 is 0 Å². The fourth-order valence-corrected chi connectivity index (χ4v) is 1.18. The van der Waals surface area contributed by atoms with E-state index in [-0.39, 0.29) is 0 Å². The average molecular weight is 252 g/mol. The first-order valence-corrected chi connectivity index (χ1v) is 4.71. The summed E-state index contributed by atoms with van der Waals surface area (Å²) in [6.07, 6.45) is 3.02. The van der Waals surface area contributed by atoms with Crippen molar-refractivity contribution in [3.8, 4) is 11.5 Å². The highest BCUT2D eigenvalue weighted by molar-refractivity contribution is 9.10. The first-order valence-electron chi connectivity index (χ1n) is 3.91. The van der Waals surface area contributed by atoms with Gasteiger partial charge in [0, 0.05) is 4.47 Å². The van der Waals surface area contributed by atoms with Crippen LogP contribution in [0.25, 0.3) is 0 Å². The number of rotatable bonds is 2. The largest absolute Gasteiger partial charge is 0.454 e. The van der Waals surface area contributed by atoms with E-state index in [2.05, 4.69) is 31.3 Å². The maximum atomic E-state index is 5.45. The van der Waals surface area contributed by atoms with Gasteiger partial charge in [-0.3, -0.25) is 0 Å². The molecule has 0 bridgehead atoms. The van der Waals surface area contributed by atoms with Crippen molar-refractivity contribution in [2.45, 2.75) is 0 Å². The van der Waals surface area contributed by atoms with E-state index in [4.69, 9.17) is 4.74 Å². The molecular weight excluding hydrogens is 246 g/mol. The molecule has 2 aromatic rings. The van der Waals surface area contributed by atoms with Crippen LogP contribution in [0.2, 0.25) is 0 Å². The van der Waals surface area contributed by atoms with Crippen LogP contribution < -0.4 is 4.74 Å². The summed E-state index contributed by atoms with van der Waals surface area (Å²) >= 11 is 3.34. The summed E-state index contributed by atoms with van der Waals surface area (Å²) in [6.45, 7) is 0. The molecule has 0 fully saturated rings. The van der Waals surface area contributed by atoms with E-state index in [0.717, 1.165) is 10.2 Å². The summed E-state index contributed by atoms with van der Waals surface area (Å²) in [4.78, 5) is 0. The molecule has 4 nitrogen and oxygen atoms in total. The van der Waals surface area contributed by atoms with Crippen LogP contribution >= 0.6 is 15.9 Å². The molecule has 1 aromatic carbocycles. The molecule has 1 aromatic heterocycles. The minimum atomic E-state index is 0.572. The number of halogens is 1. The van der Waals surface area contributed by atoms with Gasteiger partial charge in [0.05, 0.1) is 12.4 Å². The van der Waals surface area contributed by atoms with Crippen molar-refractivity contribution in [2.75, 3.05) is 0 Å². The normalized spacial score (nSPS) is 9.79. The van der Waals surface area contributed by atoms with Crippen molar-refractivity contribution in [1.82, 2.24) is 15.4 Å². The molecule has 70 valence electrons. The molecule has 2 rings (SSSR count). The molecule has 14 heavy (non-hydrogen) atoms. The van der Waals surface area contributed by atoms with Crippen LogP contribution in [0.1, 0.15) is 0 Å². The van der Waals surface area contributed by atoms with Crippen LogP contribution in [0.4, 0.5) is 0 Å². The number of nitrogens with zero attached hydrogens (tertiary/aromatic N) is 3. The molecule has 0 aliphatic rings. The highest BCUT2D eigenvalue weighted by Crippen LogP contribution is 2.21. The Kier molecular flexibility index (Phi) is 2.69. The zero-order valence-corrected chi connectivity index (χ0v) is 8.68. The summed E-state index contributed by atoms with van der Waals surface area (Å²) in [5.41, 5.74) is 0. The van der Waals surface area contributed by atoms with Gasteiger partial charge < -0.3 is 4.74 Å². The minimum Gasteiger partial charge on any atom is -0.454 e. The fourth-order valence-electron chi connectivity index (χ4n) is 0.920. The van der Waals surface area contributed by atoms with E-state index in [1.807, 2.05) is 24.3 Å². The summed E-state index contributed by atoms with van der Waals surface area (Å²) < 4.78 is 6.46. The molecule has 5 heteroatoms. The molecule has 0 aliphatic carbocycles. The minimum absolute atomic E-state index is 0.572. The van der Waals surface area contributed by atoms with Gasteiger partial charge in [-0.1, -0.05) is 15.9 Å². The molecule has 0 saturated carbocycles. The average Bonchev–Trinajstić information content (AvgIpc) is 2.23. The molecule has 0 unspecified atom stereocenters. The quantitative estimate of drug-likeness (QED) is 0.823. The number of ether oxygens (including phenoxy) is 1. The lowest BCUT2D eigenvalue weighted by Crippen LogP contribution is -1.88. The second-order valence-corrected chi connectivity index (χ2v) is 3.45. The molecule has 0 N–H and O–H groups in total. The number of benzene rings is 1. The Morgan fingerprint density at radius 1 is 0.929 bits per heavy atom. The first kappa shape index (κ1) is 9.08. The van der Waals surface area contributed by atoms with Crippen LogP contribution in [-0.2, 0) is 0 Å². The lowest BCUT2D eigenvalue weighted by Gasteiger charge is -2.02. The Bertz CT molecular complexity index is 404. The smallest absolute Gasteiger partial charge is 0.167 e. The molecule has 0 amide bonds. The summed E-state index contributed by atoms with van der Waals surface area (Å²) in [6, 6.07) is 7.50. The van der Waals surface area contributed by atoms with Gasteiger partial charge in [-0.2, -0.15) is 0 Å². The van der Waals surface area contributed by atoms with E-state index in [0.29, 0.717) is 5.75 Å². The van der Waals surface area contributed by atoms with Crippen molar-refractivity contribution in [2.24, 2.45) is 0 Å². The SMILES string of the molecule is Brc1ccc(Oc2cnnnc2)cc1. The molecule has 0 radical (unpaired) electrons. The summed E-state index contributed by atoms with van der Waals surface area (Å²) in [5, 5.41) is 10.6. The Morgan fingerprint density at radius 3 is 2.21 bits per heavy atom. The van der Waals surface area contributed by atoms with Gasteiger partial charge in [-0.15, -0.1) is 10.2 Å². The predicted octanol–water partition coefficient (Wildman–Crippen LogP) is 2.43. The van der Waals surface area contributed by atoms with Gasteiger partial charge in [-0.05, 0) is 29.5 Å². The Labute approximate surface area is 89.1 Å². The third-order valence-corrected chi connectivity index (χ3v) is 2.05. The Hall–Kier alpha value is -1.49. The summed E-state index contributed by atoms with van der Waals surface area (Å²) in [7, 11) is 0. The first-order chi connectivity index (χ1) is 6.84. The second kappa shape index (κ2) is 4.15. The predicted molar refractivity (Wildman–Crippen MR) is 54.0 cm³/mol. The zero-order valence-electron chi connectivity index (χ0n) is 7.09. The van der Waals surface area contributed by atoms with Crippen molar-refractivity contribution in [3.63, 3.8) is 0 Å². The Balaban J connectivity index is 2.16. The van der Waals surface area contributed by atoms with E-state index in [9.17, 15) is 0 Å². The van der Waals surface area contributed by atoms with Crippen LogP contribution in [0.3, 0.4) is 0 Å². The van der Waals surface area contributed by atoms with Crippen molar-refractivity contribution < 1.29 is 4.74 Å². The van der Waals surface area contributed by atoms with Crippen LogP contribution in [0.15, 0.2) is 41.1 Å². The monoisotopic (exact) mass is 251 g/mol. The lowest BCUT2D eigenvalue weighted by atomic mass is 10.3. The van der Waals surface area contributed by atoms with Gasteiger partial charge in [0.25, 0.3) is 0 Å². The van der Waals surface area contributed by atoms with Gasteiger partial charge in [0.15, 0.2) is 5.75 Å². The van der Waals surface area contributed by atoms with Gasteiger partial charge in [0.2, 0.25) is 0 Å². The molecule has 0 aliphatic heterocycles.